The molecule has 0 radical (unpaired) electrons. The van der Waals surface area contributed by atoms with E-state index in [1.54, 1.807) is 0 Å². The van der Waals surface area contributed by atoms with E-state index in [2.05, 4.69) is 0 Å². The van der Waals surface area contributed by atoms with Gasteiger partial charge in [0, 0.05) is 6.42 Å². The van der Waals surface area contributed by atoms with Crippen LogP contribution < -0.4 is 4.74 Å². The molecule has 1 rings (SSSR count). The maximum atomic E-state index is 11.6. The van der Waals surface area contributed by atoms with E-state index in [1.807, 2.05) is 6.92 Å². The van der Waals surface area contributed by atoms with Gasteiger partial charge in [-0.3, -0.25) is 25.0 Å². The van der Waals surface area contributed by atoms with E-state index in [1.165, 1.54) is 0 Å². The highest BCUT2D eigenvalue weighted by atomic mass is 35.5. The molecule has 0 aliphatic heterocycles. The molecule has 0 aliphatic carbocycles. The van der Waals surface area contributed by atoms with Gasteiger partial charge in [0.05, 0.1) is 9.85 Å². The van der Waals surface area contributed by atoms with Gasteiger partial charge in [-0.1, -0.05) is 31.4 Å². The number of hydrogen-bond donors (Lipinski definition) is 0. The van der Waals surface area contributed by atoms with E-state index < -0.39 is 38.0 Å². The predicted molar refractivity (Wildman–Crippen MR) is 74.5 cm³/mol. The van der Waals surface area contributed by atoms with E-state index in [9.17, 15) is 25.0 Å². The Balaban J connectivity index is 3.07. The number of unbranched alkanes of at least 4 members (excludes halogenated alkanes) is 2. The Morgan fingerprint density at radius 1 is 1.19 bits per heavy atom. The van der Waals surface area contributed by atoms with Crippen LogP contribution in [-0.2, 0) is 4.79 Å². The van der Waals surface area contributed by atoms with Crippen LogP contribution >= 0.6 is 11.6 Å². The normalized spacial score (nSPS) is 10.2. The Morgan fingerprint density at radius 2 is 1.81 bits per heavy atom. The molecule has 114 valence electrons. The van der Waals surface area contributed by atoms with E-state index >= 15 is 0 Å². The van der Waals surface area contributed by atoms with Crippen LogP contribution in [0.15, 0.2) is 12.1 Å². The molecule has 0 atom stereocenters. The fourth-order valence-corrected chi connectivity index (χ4v) is 1.88. The maximum absolute atomic E-state index is 11.6. The van der Waals surface area contributed by atoms with Gasteiger partial charge >= 0.3 is 17.3 Å². The number of benzene rings is 1. The first kappa shape index (κ1) is 16.8. The van der Waals surface area contributed by atoms with E-state index in [4.69, 9.17) is 16.3 Å². The number of nitrogens with zero attached hydrogens (tertiary/aromatic N) is 2. The molecular weight excluding hydrogens is 304 g/mol. The van der Waals surface area contributed by atoms with Gasteiger partial charge in [0.25, 0.3) is 0 Å². The molecule has 0 aliphatic rings. The minimum atomic E-state index is -0.987. The van der Waals surface area contributed by atoms with Crippen molar-refractivity contribution in [2.45, 2.75) is 32.6 Å². The van der Waals surface area contributed by atoms with Crippen molar-refractivity contribution in [2.24, 2.45) is 0 Å². The predicted octanol–water partition coefficient (Wildman–Crippen LogP) is 3.64. The first-order chi connectivity index (χ1) is 9.88. The number of esters is 1. The molecule has 8 nitrogen and oxygen atoms in total. The molecule has 0 N–H and O–H groups in total. The number of hydrogen-bond acceptors (Lipinski definition) is 6. The number of halogens is 1. The zero-order valence-corrected chi connectivity index (χ0v) is 12.0. The fraction of sp³-hybridized carbons (Fsp3) is 0.417. The molecule has 0 bridgehead atoms. The summed E-state index contributed by atoms with van der Waals surface area (Å²) in [7, 11) is 0. The fourth-order valence-electron chi connectivity index (χ4n) is 1.66. The molecular formula is C12H13ClN2O6. The quantitative estimate of drug-likeness (QED) is 0.249. The summed E-state index contributed by atoms with van der Waals surface area (Å²) in [5.74, 6) is -1.15. The highest BCUT2D eigenvalue weighted by Crippen LogP contribution is 2.41. The van der Waals surface area contributed by atoms with Crippen LogP contribution in [0.4, 0.5) is 11.4 Å². The lowest BCUT2D eigenvalue weighted by molar-refractivity contribution is -0.422. The van der Waals surface area contributed by atoms with Crippen LogP contribution in [-0.4, -0.2) is 15.8 Å². The Labute approximate surface area is 125 Å². The van der Waals surface area contributed by atoms with Crippen molar-refractivity contribution in [3.05, 3.63) is 37.4 Å². The first-order valence-corrected chi connectivity index (χ1v) is 6.58. The molecule has 1 aromatic carbocycles. The number of nitro groups is 2. The Morgan fingerprint density at radius 3 is 2.33 bits per heavy atom. The van der Waals surface area contributed by atoms with Crippen molar-refractivity contribution in [2.75, 3.05) is 0 Å². The molecule has 0 aromatic heterocycles. The Hall–Kier alpha value is -2.22. The first-order valence-electron chi connectivity index (χ1n) is 6.20. The molecule has 0 saturated carbocycles. The summed E-state index contributed by atoms with van der Waals surface area (Å²) < 4.78 is 4.86. The van der Waals surface area contributed by atoms with E-state index in [0.717, 1.165) is 25.0 Å². The van der Waals surface area contributed by atoms with Gasteiger partial charge in [0.1, 0.15) is 5.02 Å². The zero-order valence-electron chi connectivity index (χ0n) is 11.2. The second-order valence-electron chi connectivity index (χ2n) is 4.19. The molecule has 0 amide bonds. The summed E-state index contributed by atoms with van der Waals surface area (Å²) in [4.78, 5) is 31.5. The standard InChI is InChI=1S/C12H13ClN2O6/c1-2-3-4-5-10(16)21-9-7-6-8(13)11(14(17)18)12(9)15(19)20/h6-7H,2-5H2,1H3. The zero-order chi connectivity index (χ0) is 16.0. The molecule has 9 heteroatoms. The highest BCUT2D eigenvalue weighted by Gasteiger charge is 2.34. The average molecular weight is 317 g/mol. The molecule has 0 fully saturated rings. The minimum absolute atomic E-state index is 0.0847. The minimum Gasteiger partial charge on any atom is -0.419 e. The summed E-state index contributed by atoms with van der Waals surface area (Å²) in [6, 6.07) is 2.16. The molecule has 21 heavy (non-hydrogen) atoms. The smallest absolute Gasteiger partial charge is 0.389 e. The lowest BCUT2D eigenvalue weighted by atomic mass is 10.2. The van der Waals surface area contributed by atoms with Crippen molar-refractivity contribution in [1.29, 1.82) is 0 Å². The van der Waals surface area contributed by atoms with Crippen LogP contribution in [0, 0.1) is 20.2 Å². The van der Waals surface area contributed by atoms with Gasteiger partial charge in [0.2, 0.25) is 5.75 Å². The number of carbonyl (C=O) groups excluding carboxylic acids is 1. The van der Waals surface area contributed by atoms with Crippen molar-refractivity contribution in [3.63, 3.8) is 0 Å². The summed E-state index contributed by atoms with van der Waals surface area (Å²) in [6.07, 6.45) is 2.39. The Kier molecular flexibility index (Phi) is 6.04. The lowest BCUT2D eigenvalue weighted by Gasteiger charge is -2.06. The molecule has 0 saturated heterocycles. The van der Waals surface area contributed by atoms with Crippen molar-refractivity contribution in [1.82, 2.24) is 0 Å². The number of rotatable bonds is 7. The average Bonchev–Trinajstić information content (AvgIpc) is 2.40. The number of nitro benzene ring substituents is 2. The van der Waals surface area contributed by atoms with E-state index in [-0.39, 0.29) is 6.42 Å². The molecule has 1 aromatic rings. The molecule has 0 spiro atoms. The summed E-state index contributed by atoms with van der Waals surface area (Å²) >= 11 is 5.59. The van der Waals surface area contributed by atoms with Gasteiger partial charge in [-0.05, 0) is 18.6 Å². The van der Waals surface area contributed by atoms with Crippen LogP contribution in [0.5, 0.6) is 5.75 Å². The van der Waals surface area contributed by atoms with Gasteiger partial charge in [0.15, 0.2) is 0 Å². The topological polar surface area (TPSA) is 113 Å². The number of carbonyl (C=O) groups is 1. The monoisotopic (exact) mass is 316 g/mol. The van der Waals surface area contributed by atoms with Crippen molar-refractivity contribution >= 4 is 28.9 Å². The van der Waals surface area contributed by atoms with Gasteiger partial charge in [-0.15, -0.1) is 0 Å². The number of ether oxygens (including phenoxy) is 1. The second kappa shape index (κ2) is 7.53. The van der Waals surface area contributed by atoms with Gasteiger partial charge < -0.3 is 4.74 Å². The van der Waals surface area contributed by atoms with E-state index in [0.29, 0.717) is 6.42 Å². The summed E-state index contributed by atoms with van der Waals surface area (Å²) in [5.41, 5.74) is -1.81. The van der Waals surface area contributed by atoms with Crippen LogP contribution in [0.25, 0.3) is 0 Å². The lowest BCUT2D eigenvalue weighted by Crippen LogP contribution is -2.10. The highest BCUT2D eigenvalue weighted by molar-refractivity contribution is 6.33. The van der Waals surface area contributed by atoms with Crippen LogP contribution in [0.1, 0.15) is 32.6 Å². The van der Waals surface area contributed by atoms with Gasteiger partial charge in [-0.25, -0.2) is 0 Å². The third kappa shape index (κ3) is 4.38. The molecule has 0 unspecified atom stereocenters. The second-order valence-corrected chi connectivity index (χ2v) is 4.60. The van der Waals surface area contributed by atoms with Crippen molar-refractivity contribution < 1.29 is 19.4 Å². The maximum Gasteiger partial charge on any atom is 0.389 e. The SMILES string of the molecule is CCCCCC(=O)Oc1ccc(Cl)c([N+](=O)[O-])c1[N+](=O)[O-]. The largest absolute Gasteiger partial charge is 0.419 e. The van der Waals surface area contributed by atoms with Crippen LogP contribution in [0.2, 0.25) is 5.02 Å². The van der Waals surface area contributed by atoms with Gasteiger partial charge in [-0.2, -0.15) is 0 Å². The Bertz CT molecular complexity index is 575. The summed E-state index contributed by atoms with van der Waals surface area (Å²) in [6.45, 7) is 1.96. The van der Waals surface area contributed by atoms with Crippen LogP contribution in [0.3, 0.4) is 0 Å². The molecule has 0 heterocycles. The third-order valence-corrected chi connectivity index (χ3v) is 2.94. The third-order valence-electron chi connectivity index (χ3n) is 2.64. The summed E-state index contributed by atoms with van der Waals surface area (Å²) in [5, 5.41) is 21.5. The van der Waals surface area contributed by atoms with Crippen molar-refractivity contribution in [3.8, 4) is 5.75 Å².